The minimum Gasteiger partial charge on any atom is -0.382 e. The van der Waals surface area contributed by atoms with Crippen molar-refractivity contribution in [3.05, 3.63) is 30.1 Å². The average molecular weight is 247 g/mol. The van der Waals surface area contributed by atoms with Crippen molar-refractivity contribution in [2.75, 3.05) is 5.73 Å². The molecule has 86 valence electrons. The Bertz CT molecular complexity index is 717. The normalized spacial score (nSPS) is 11.4. The lowest BCUT2D eigenvalue weighted by Crippen LogP contribution is -1.93. The predicted octanol–water partition coefficient (Wildman–Crippen LogP) is 2.73. The number of hydrogen-bond donors (Lipinski definition) is 1. The maximum absolute atomic E-state index is 6.28. The first-order valence-electron chi connectivity index (χ1n) is 5.44. The molecule has 0 bridgehead atoms. The van der Waals surface area contributed by atoms with Crippen LogP contribution in [0.5, 0.6) is 0 Å². The first kappa shape index (κ1) is 10.4. The van der Waals surface area contributed by atoms with Crippen LogP contribution in [0.3, 0.4) is 0 Å². The summed E-state index contributed by atoms with van der Waals surface area (Å²) in [4.78, 5) is 8.76. The van der Waals surface area contributed by atoms with E-state index in [1.165, 1.54) is 0 Å². The van der Waals surface area contributed by atoms with Crippen molar-refractivity contribution in [1.29, 1.82) is 0 Å². The molecule has 0 saturated carbocycles. The number of hydrogen-bond acceptors (Lipinski definition) is 3. The molecule has 0 aliphatic carbocycles. The average Bonchev–Trinajstić information content (AvgIpc) is 2.68. The Morgan fingerprint density at radius 2 is 2.06 bits per heavy atom. The number of nitrogens with zero attached hydrogens (tertiary/aromatic N) is 3. The lowest BCUT2D eigenvalue weighted by molar-refractivity contribution is 0.966. The van der Waals surface area contributed by atoms with Crippen LogP contribution < -0.4 is 5.73 Å². The highest BCUT2D eigenvalue weighted by atomic mass is 35.5. The Balaban J connectivity index is 2.59. The number of halogens is 1. The van der Waals surface area contributed by atoms with E-state index in [1.807, 2.05) is 31.2 Å². The van der Waals surface area contributed by atoms with E-state index in [0.29, 0.717) is 11.3 Å². The van der Waals surface area contributed by atoms with E-state index in [4.69, 9.17) is 17.5 Å². The number of benzene rings is 1. The molecule has 3 aromatic rings. The molecule has 2 heterocycles. The van der Waals surface area contributed by atoms with Gasteiger partial charge in [0, 0.05) is 23.6 Å². The largest absolute Gasteiger partial charge is 0.382 e. The second-order valence-electron chi connectivity index (χ2n) is 3.87. The summed E-state index contributed by atoms with van der Waals surface area (Å²) in [5.41, 5.74) is 8.26. The van der Waals surface area contributed by atoms with Gasteiger partial charge < -0.3 is 5.73 Å². The monoisotopic (exact) mass is 246 g/mol. The smallest absolute Gasteiger partial charge is 0.152 e. The first-order valence-corrected chi connectivity index (χ1v) is 5.78. The number of imidazole rings is 1. The summed E-state index contributed by atoms with van der Waals surface area (Å²) in [6, 6.07) is 7.77. The quantitative estimate of drug-likeness (QED) is 0.718. The van der Waals surface area contributed by atoms with Gasteiger partial charge in [0.2, 0.25) is 0 Å². The molecule has 0 aliphatic heterocycles. The van der Waals surface area contributed by atoms with Gasteiger partial charge in [0.1, 0.15) is 11.3 Å². The number of anilines is 1. The molecule has 17 heavy (non-hydrogen) atoms. The summed E-state index contributed by atoms with van der Waals surface area (Å²) in [6.07, 6.45) is 0.756. The van der Waals surface area contributed by atoms with Gasteiger partial charge in [-0.3, -0.25) is 0 Å². The van der Waals surface area contributed by atoms with Gasteiger partial charge in [0.25, 0.3) is 0 Å². The van der Waals surface area contributed by atoms with Crippen molar-refractivity contribution in [3.63, 3.8) is 0 Å². The summed E-state index contributed by atoms with van der Waals surface area (Å²) >= 11 is 6.28. The third-order valence-electron chi connectivity index (χ3n) is 2.85. The molecule has 0 amide bonds. The predicted molar refractivity (Wildman–Crippen MR) is 70.1 cm³/mol. The molecule has 0 unspecified atom stereocenters. The molecule has 0 fully saturated rings. The van der Waals surface area contributed by atoms with Crippen LogP contribution in [0.15, 0.2) is 24.3 Å². The van der Waals surface area contributed by atoms with Crippen molar-refractivity contribution in [2.24, 2.45) is 0 Å². The van der Waals surface area contributed by atoms with Crippen LogP contribution >= 0.6 is 11.8 Å². The van der Waals surface area contributed by atoms with Crippen LogP contribution in [-0.4, -0.2) is 14.1 Å². The van der Waals surface area contributed by atoms with Crippen LogP contribution in [-0.2, 0) is 6.42 Å². The molecule has 2 N–H and O–H groups in total. The summed E-state index contributed by atoms with van der Waals surface area (Å²) in [6.45, 7) is 2.01. The number of rotatable bonds is 1. The minimum atomic E-state index is 0.424. The number of nitrogen functional groups attached to an aromatic ring is 1. The highest BCUT2D eigenvalue weighted by Crippen LogP contribution is 2.29. The molecule has 5 heteroatoms. The van der Waals surface area contributed by atoms with Crippen molar-refractivity contribution >= 4 is 39.5 Å². The van der Waals surface area contributed by atoms with Crippen molar-refractivity contribution in [2.45, 2.75) is 13.3 Å². The van der Waals surface area contributed by atoms with E-state index in [9.17, 15) is 0 Å². The Morgan fingerprint density at radius 3 is 2.82 bits per heavy atom. The lowest BCUT2D eigenvalue weighted by Gasteiger charge is -2.02. The number of fused-ring (bicyclic) bond motifs is 3. The lowest BCUT2D eigenvalue weighted by atomic mass is 10.2. The van der Waals surface area contributed by atoms with Gasteiger partial charge >= 0.3 is 0 Å². The molecular formula is C12H11ClN4. The maximum Gasteiger partial charge on any atom is 0.152 e. The van der Waals surface area contributed by atoms with Gasteiger partial charge in [-0.2, -0.15) is 0 Å². The minimum absolute atomic E-state index is 0.424. The third-order valence-corrected chi connectivity index (χ3v) is 3.21. The van der Waals surface area contributed by atoms with Crippen LogP contribution in [0.4, 0.5) is 5.82 Å². The van der Waals surface area contributed by atoms with Gasteiger partial charge in [0.05, 0.1) is 11.0 Å². The fraction of sp³-hybridized carbons (Fsp3) is 0.167. The van der Waals surface area contributed by atoms with Gasteiger partial charge in [-0.15, -0.1) is 0 Å². The Morgan fingerprint density at radius 1 is 1.29 bits per heavy atom. The van der Waals surface area contributed by atoms with E-state index >= 15 is 0 Å². The first-order chi connectivity index (χ1) is 8.22. The SMILES string of the molecule is CCc1nc2c(N)nc3ccccc3c2n1Cl. The van der Waals surface area contributed by atoms with Crippen molar-refractivity contribution in [3.8, 4) is 0 Å². The van der Waals surface area contributed by atoms with Crippen LogP contribution in [0.1, 0.15) is 12.7 Å². The number of pyridine rings is 1. The molecule has 4 nitrogen and oxygen atoms in total. The fourth-order valence-corrected chi connectivity index (χ4v) is 2.36. The molecule has 0 spiro atoms. The highest BCUT2D eigenvalue weighted by molar-refractivity contribution is 6.22. The molecule has 0 radical (unpaired) electrons. The van der Waals surface area contributed by atoms with Crippen LogP contribution in [0, 0.1) is 0 Å². The third kappa shape index (κ3) is 1.37. The van der Waals surface area contributed by atoms with Gasteiger partial charge in [-0.25, -0.2) is 14.1 Å². The fourth-order valence-electron chi connectivity index (χ4n) is 2.03. The van der Waals surface area contributed by atoms with Crippen LogP contribution in [0.25, 0.3) is 21.9 Å². The number of aryl methyl sites for hydroxylation is 1. The number of nitrogens with two attached hydrogens (primary N) is 1. The molecule has 0 atom stereocenters. The van der Waals surface area contributed by atoms with E-state index in [-0.39, 0.29) is 0 Å². The van der Waals surface area contributed by atoms with E-state index in [0.717, 1.165) is 28.7 Å². The zero-order valence-corrected chi connectivity index (χ0v) is 10.1. The number of para-hydroxylation sites is 1. The van der Waals surface area contributed by atoms with Gasteiger partial charge in [0.15, 0.2) is 5.82 Å². The zero-order chi connectivity index (χ0) is 12.0. The highest BCUT2D eigenvalue weighted by Gasteiger charge is 2.14. The van der Waals surface area contributed by atoms with E-state index in [2.05, 4.69) is 9.97 Å². The molecular weight excluding hydrogens is 236 g/mol. The Labute approximate surface area is 103 Å². The molecule has 1 aromatic carbocycles. The maximum atomic E-state index is 6.28. The molecule has 3 rings (SSSR count). The Kier molecular flexibility index (Phi) is 2.19. The standard InChI is InChI=1S/C12H11ClN4/c1-2-9-16-10-11(17(9)13)7-5-3-4-6-8(7)15-12(10)14/h3-6H,2H2,1H3,(H2,14,15). The summed E-state index contributed by atoms with van der Waals surface area (Å²) < 4.78 is 1.58. The van der Waals surface area contributed by atoms with Gasteiger partial charge in [-0.05, 0) is 6.07 Å². The Hall–Kier alpha value is -1.81. The van der Waals surface area contributed by atoms with Crippen LogP contribution in [0.2, 0.25) is 0 Å². The topological polar surface area (TPSA) is 56.7 Å². The summed E-state index contributed by atoms with van der Waals surface area (Å²) in [5.74, 6) is 1.22. The molecule has 0 aliphatic rings. The van der Waals surface area contributed by atoms with Gasteiger partial charge in [-0.1, -0.05) is 25.1 Å². The van der Waals surface area contributed by atoms with Crippen molar-refractivity contribution in [1.82, 2.24) is 14.1 Å². The van der Waals surface area contributed by atoms with E-state index in [1.54, 1.807) is 4.09 Å². The van der Waals surface area contributed by atoms with Crippen molar-refractivity contribution < 1.29 is 0 Å². The number of aromatic nitrogens is 3. The zero-order valence-electron chi connectivity index (χ0n) is 9.31. The summed E-state index contributed by atoms with van der Waals surface area (Å²) in [5, 5.41) is 0.971. The van der Waals surface area contributed by atoms with E-state index < -0.39 is 0 Å². The second kappa shape index (κ2) is 3.60. The summed E-state index contributed by atoms with van der Waals surface area (Å²) in [7, 11) is 0. The molecule has 0 saturated heterocycles. The second-order valence-corrected chi connectivity index (χ2v) is 4.21. The molecule has 2 aromatic heterocycles.